The van der Waals surface area contributed by atoms with E-state index in [4.69, 9.17) is 9.47 Å². The molecule has 2 heterocycles. The summed E-state index contributed by atoms with van der Waals surface area (Å²) in [7, 11) is 3.11. The highest BCUT2D eigenvalue weighted by Crippen LogP contribution is 2.48. The number of carbonyl (C=O) groups is 2. The second-order valence-corrected chi connectivity index (χ2v) is 9.19. The van der Waals surface area contributed by atoms with Gasteiger partial charge in [-0.25, -0.2) is 0 Å². The number of ether oxygens (including phenoxy) is 2. The molecule has 0 aromatic heterocycles. The molecule has 0 spiro atoms. The summed E-state index contributed by atoms with van der Waals surface area (Å²) in [5.74, 6) is 0.263. The molecule has 2 aliphatic rings. The Morgan fingerprint density at radius 2 is 1.77 bits per heavy atom. The van der Waals surface area contributed by atoms with Crippen molar-refractivity contribution in [2.75, 3.05) is 27.3 Å². The van der Waals surface area contributed by atoms with Crippen molar-refractivity contribution in [1.82, 2.24) is 10.2 Å². The lowest BCUT2D eigenvalue weighted by atomic mass is 9.75. The Balaban J connectivity index is 1.54. The molecule has 35 heavy (non-hydrogen) atoms. The average Bonchev–Trinajstić information content (AvgIpc) is 2.88. The van der Waals surface area contributed by atoms with Crippen LogP contribution in [0.15, 0.2) is 60.7 Å². The van der Waals surface area contributed by atoms with Gasteiger partial charge in [-0.15, -0.1) is 0 Å². The van der Waals surface area contributed by atoms with Gasteiger partial charge >= 0.3 is 0 Å². The fourth-order valence-corrected chi connectivity index (χ4v) is 5.44. The van der Waals surface area contributed by atoms with Gasteiger partial charge in [-0.05, 0) is 54.2 Å². The van der Waals surface area contributed by atoms with Crippen LogP contribution >= 0.6 is 0 Å². The van der Waals surface area contributed by atoms with Crippen molar-refractivity contribution in [1.29, 1.82) is 0 Å². The van der Waals surface area contributed by atoms with Gasteiger partial charge in [0.15, 0.2) is 11.5 Å². The van der Waals surface area contributed by atoms with Crippen LogP contribution in [0, 0.1) is 6.92 Å². The number of amides is 2. The van der Waals surface area contributed by atoms with Crippen molar-refractivity contribution in [3.8, 4) is 11.5 Å². The first-order valence-corrected chi connectivity index (χ1v) is 12.0. The summed E-state index contributed by atoms with van der Waals surface area (Å²) < 4.78 is 11.0. The topological polar surface area (TPSA) is 67.9 Å². The minimum Gasteiger partial charge on any atom is -0.493 e. The summed E-state index contributed by atoms with van der Waals surface area (Å²) in [5.41, 5.74) is 5.77. The molecule has 0 saturated carbocycles. The second kappa shape index (κ2) is 9.45. The molecule has 2 amide bonds. The molecule has 3 aromatic carbocycles. The highest BCUT2D eigenvalue weighted by atomic mass is 16.5. The van der Waals surface area contributed by atoms with E-state index in [2.05, 4.69) is 36.5 Å². The summed E-state index contributed by atoms with van der Waals surface area (Å²) in [4.78, 5) is 29.3. The van der Waals surface area contributed by atoms with Crippen molar-refractivity contribution >= 4 is 11.8 Å². The van der Waals surface area contributed by atoms with Gasteiger partial charge in [0.25, 0.3) is 5.91 Å². The maximum atomic E-state index is 13.8. The Hall–Kier alpha value is -3.80. The van der Waals surface area contributed by atoms with Gasteiger partial charge in [0.05, 0.1) is 26.2 Å². The number of hydrogen-bond acceptors (Lipinski definition) is 4. The van der Waals surface area contributed by atoms with Gasteiger partial charge in [0.1, 0.15) is 0 Å². The fourth-order valence-electron chi connectivity index (χ4n) is 5.44. The minimum atomic E-state index is -0.554. The average molecular weight is 471 g/mol. The molecular formula is C29H30N2O4. The number of nitrogens with one attached hydrogen (secondary N) is 1. The molecule has 180 valence electrons. The van der Waals surface area contributed by atoms with Crippen molar-refractivity contribution < 1.29 is 19.1 Å². The standard InChI is InChI=1S/C29H30N2O4/c1-18-7-6-8-19(15-18)11-13-30-28(32)26-22-16-24(34-2)25(35-3)17-23(22)29(33)31-14-12-20-9-4-5-10-21(20)27(26)31/h4-10,15-17,26-27H,11-14H2,1-3H3,(H,30,32). The molecule has 2 aliphatic heterocycles. The number of methoxy groups -OCH3 is 2. The van der Waals surface area contributed by atoms with E-state index in [1.165, 1.54) is 16.7 Å². The summed E-state index contributed by atoms with van der Waals surface area (Å²) in [6.07, 6.45) is 1.51. The van der Waals surface area contributed by atoms with E-state index in [9.17, 15) is 9.59 Å². The third-order valence-corrected chi connectivity index (χ3v) is 7.11. The number of rotatable bonds is 6. The molecular weight excluding hydrogens is 440 g/mol. The van der Waals surface area contributed by atoms with Crippen LogP contribution in [0.3, 0.4) is 0 Å². The zero-order valence-electron chi connectivity index (χ0n) is 20.3. The van der Waals surface area contributed by atoms with Crippen LogP contribution in [0.4, 0.5) is 0 Å². The maximum absolute atomic E-state index is 13.8. The summed E-state index contributed by atoms with van der Waals surface area (Å²) >= 11 is 0. The van der Waals surface area contributed by atoms with Gasteiger partial charge < -0.3 is 19.7 Å². The Morgan fingerprint density at radius 1 is 1.00 bits per heavy atom. The summed E-state index contributed by atoms with van der Waals surface area (Å²) in [5, 5.41) is 3.16. The number of aryl methyl sites for hydroxylation is 1. The van der Waals surface area contributed by atoms with Gasteiger partial charge in [0, 0.05) is 18.7 Å². The maximum Gasteiger partial charge on any atom is 0.254 e. The number of hydrogen-bond donors (Lipinski definition) is 1. The second-order valence-electron chi connectivity index (χ2n) is 9.19. The number of nitrogens with zero attached hydrogens (tertiary/aromatic N) is 1. The van der Waals surface area contributed by atoms with Gasteiger partial charge in [-0.1, -0.05) is 54.1 Å². The highest BCUT2D eigenvalue weighted by Gasteiger charge is 2.46. The summed E-state index contributed by atoms with van der Waals surface area (Å²) in [6, 6.07) is 19.6. The number of benzene rings is 3. The van der Waals surface area contributed by atoms with Gasteiger partial charge in [-0.3, -0.25) is 9.59 Å². The van der Waals surface area contributed by atoms with Crippen LogP contribution in [0.1, 0.15) is 50.1 Å². The molecule has 6 heteroatoms. The van der Waals surface area contributed by atoms with E-state index in [0.717, 1.165) is 18.4 Å². The first-order chi connectivity index (χ1) is 17.0. The first kappa shape index (κ1) is 23.0. The van der Waals surface area contributed by atoms with Crippen molar-refractivity contribution in [3.05, 3.63) is 94.0 Å². The van der Waals surface area contributed by atoms with E-state index >= 15 is 0 Å². The normalized spacial score (nSPS) is 18.3. The van der Waals surface area contributed by atoms with Crippen LogP contribution in [-0.2, 0) is 17.6 Å². The lowest BCUT2D eigenvalue weighted by Crippen LogP contribution is -2.50. The molecule has 6 nitrogen and oxygen atoms in total. The Bertz CT molecular complexity index is 1290. The highest BCUT2D eigenvalue weighted by molar-refractivity contribution is 6.02. The number of carbonyl (C=O) groups excluding carboxylic acids is 2. The molecule has 0 radical (unpaired) electrons. The lowest BCUT2D eigenvalue weighted by Gasteiger charge is -2.45. The Kier molecular flexibility index (Phi) is 6.20. The SMILES string of the molecule is COc1cc2c(cc1OC)C(C(=O)NCCc1cccc(C)c1)C1c3ccccc3CCN1C2=O. The molecule has 0 bridgehead atoms. The van der Waals surface area contributed by atoms with Crippen LogP contribution in [0.2, 0.25) is 0 Å². The van der Waals surface area contributed by atoms with Crippen LogP contribution in [0.5, 0.6) is 11.5 Å². The fraction of sp³-hybridized carbons (Fsp3) is 0.310. The molecule has 0 fully saturated rings. The van der Waals surface area contributed by atoms with E-state index in [0.29, 0.717) is 35.7 Å². The van der Waals surface area contributed by atoms with Crippen molar-refractivity contribution in [2.45, 2.75) is 31.7 Å². The van der Waals surface area contributed by atoms with Crippen LogP contribution < -0.4 is 14.8 Å². The summed E-state index contributed by atoms with van der Waals surface area (Å²) in [6.45, 7) is 3.15. The smallest absolute Gasteiger partial charge is 0.254 e. The van der Waals surface area contributed by atoms with E-state index < -0.39 is 5.92 Å². The van der Waals surface area contributed by atoms with E-state index in [1.54, 1.807) is 26.4 Å². The minimum absolute atomic E-state index is 0.0794. The zero-order chi connectivity index (χ0) is 24.5. The van der Waals surface area contributed by atoms with E-state index in [-0.39, 0.29) is 17.9 Å². The molecule has 5 rings (SSSR count). The molecule has 3 aromatic rings. The number of fused-ring (bicyclic) bond motifs is 4. The quantitative estimate of drug-likeness (QED) is 0.586. The van der Waals surface area contributed by atoms with Crippen molar-refractivity contribution in [2.24, 2.45) is 0 Å². The van der Waals surface area contributed by atoms with Crippen LogP contribution in [0.25, 0.3) is 0 Å². The monoisotopic (exact) mass is 470 g/mol. The molecule has 2 atom stereocenters. The predicted octanol–water partition coefficient (Wildman–Crippen LogP) is 4.21. The third kappa shape index (κ3) is 4.14. The lowest BCUT2D eigenvalue weighted by molar-refractivity contribution is -0.124. The van der Waals surface area contributed by atoms with E-state index in [1.807, 2.05) is 29.2 Å². The Morgan fingerprint density at radius 3 is 2.54 bits per heavy atom. The van der Waals surface area contributed by atoms with Gasteiger partial charge in [-0.2, -0.15) is 0 Å². The van der Waals surface area contributed by atoms with Gasteiger partial charge in [0.2, 0.25) is 5.91 Å². The largest absolute Gasteiger partial charge is 0.493 e. The third-order valence-electron chi connectivity index (χ3n) is 7.11. The van der Waals surface area contributed by atoms with Crippen LogP contribution in [-0.4, -0.2) is 44.0 Å². The molecule has 0 saturated heterocycles. The molecule has 1 N–H and O–H groups in total. The Labute approximate surface area is 205 Å². The van der Waals surface area contributed by atoms with Crippen molar-refractivity contribution in [3.63, 3.8) is 0 Å². The predicted molar refractivity (Wildman–Crippen MR) is 134 cm³/mol. The molecule has 2 unspecified atom stereocenters. The zero-order valence-corrected chi connectivity index (χ0v) is 20.3. The molecule has 0 aliphatic carbocycles. The first-order valence-electron chi connectivity index (χ1n) is 12.0.